The van der Waals surface area contributed by atoms with Crippen molar-refractivity contribution >= 4 is 0 Å². The van der Waals surface area contributed by atoms with Crippen LogP contribution in [0.1, 0.15) is 5.56 Å². The smallest absolute Gasteiger partial charge is 0.186 e. The number of hydrogen-bond acceptors (Lipinski definition) is 4. The first-order valence-electron chi connectivity index (χ1n) is 5.88. The van der Waals surface area contributed by atoms with E-state index in [2.05, 4.69) is 6.58 Å². The van der Waals surface area contributed by atoms with E-state index < -0.39 is 18.5 Å². The molecule has 1 fully saturated rings. The number of methoxy groups -OCH3 is 1. The maximum absolute atomic E-state index is 10.0. The number of ether oxygens (including phenoxy) is 3. The summed E-state index contributed by atoms with van der Waals surface area (Å²) in [4.78, 5) is 0. The van der Waals surface area contributed by atoms with E-state index in [1.165, 1.54) is 7.11 Å². The lowest BCUT2D eigenvalue weighted by Crippen LogP contribution is -2.48. The zero-order chi connectivity index (χ0) is 13.0. The first-order valence-corrected chi connectivity index (χ1v) is 5.88. The van der Waals surface area contributed by atoms with E-state index in [1.54, 1.807) is 0 Å². The highest BCUT2D eigenvalue weighted by Gasteiger charge is 2.36. The molecule has 0 amide bonds. The van der Waals surface area contributed by atoms with Crippen LogP contribution in [0.4, 0.5) is 0 Å². The van der Waals surface area contributed by atoms with Gasteiger partial charge >= 0.3 is 0 Å². The second-order valence-corrected chi connectivity index (χ2v) is 4.28. The van der Waals surface area contributed by atoms with Crippen LogP contribution in [0.3, 0.4) is 0 Å². The van der Waals surface area contributed by atoms with Crippen molar-refractivity contribution in [2.24, 2.45) is 0 Å². The van der Waals surface area contributed by atoms with Gasteiger partial charge in [-0.25, -0.2) is 0 Å². The van der Waals surface area contributed by atoms with Crippen molar-refractivity contribution in [3.8, 4) is 0 Å². The van der Waals surface area contributed by atoms with E-state index in [1.807, 2.05) is 30.3 Å². The van der Waals surface area contributed by atoms with E-state index in [0.717, 1.165) is 5.56 Å². The van der Waals surface area contributed by atoms with E-state index in [0.29, 0.717) is 18.8 Å². The summed E-state index contributed by atoms with van der Waals surface area (Å²) >= 11 is 0. The van der Waals surface area contributed by atoms with Gasteiger partial charge in [-0.1, -0.05) is 36.9 Å². The second-order valence-electron chi connectivity index (χ2n) is 4.28. The van der Waals surface area contributed by atoms with Crippen molar-refractivity contribution in [3.63, 3.8) is 0 Å². The highest BCUT2D eigenvalue weighted by Crippen LogP contribution is 2.22. The van der Waals surface area contributed by atoms with E-state index in [9.17, 15) is 5.11 Å². The average molecular weight is 250 g/mol. The van der Waals surface area contributed by atoms with Gasteiger partial charge in [-0.2, -0.15) is 0 Å². The van der Waals surface area contributed by atoms with Crippen molar-refractivity contribution < 1.29 is 19.3 Å². The predicted octanol–water partition coefficient (Wildman–Crippen LogP) is 1.49. The van der Waals surface area contributed by atoms with Crippen molar-refractivity contribution in [3.05, 3.63) is 48.0 Å². The van der Waals surface area contributed by atoms with Crippen LogP contribution < -0.4 is 0 Å². The Balaban J connectivity index is 1.98. The number of aliphatic hydroxyl groups excluding tert-OH is 1. The summed E-state index contributed by atoms with van der Waals surface area (Å²) in [5.41, 5.74) is 1.65. The van der Waals surface area contributed by atoms with E-state index >= 15 is 0 Å². The quantitative estimate of drug-likeness (QED) is 0.822. The Morgan fingerprint density at radius 2 is 2.11 bits per heavy atom. The molecule has 1 aliphatic rings. The lowest BCUT2D eigenvalue weighted by molar-refractivity contribution is -0.232. The van der Waals surface area contributed by atoms with Crippen molar-refractivity contribution in [1.82, 2.24) is 0 Å². The molecule has 0 saturated carbocycles. The Bertz CT molecular complexity index is 390. The highest BCUT2D eigenvalue weighted by atomic mass is 16.7. The van der Waals surface area contributed by atoms with Gasteiger partial charge in [0.25, 0.3) is 0 Å². The minimum Gasteiger partial charge on any atom is -0.386 e. The van der Waals surface area contributed by atoms with Gasteiger partial charge < -0.3 is 19.3 Å². The third-order valence-electron chi connectivity index (χ3n) is 2.95. The largest absolute Gasteiger partial charge is 0.386 e. The number of benzene rings is 1. The molecule has 1 aromatic rings. The third kappa shape index (κ3) is 2.97. The van der Waals surface area contributed by atoms with Gasteiger partial charge in [-0.15, -0.1) is 0 Å². The first kappa shape index (κ1) is 13.2. The van der Waals surface area contributed by atoms with Crippen LogP contribution in [0.25, 0.3) is 0 Å². The van der Waals surface area contributed by atoms with Crippen molar-refractivity contribution in [2.75, 3.05) is 13.7 Å². The lowest BCUT2D eigenvalue weighted by Gasteiger charge is -2.35. The summed E-state index contributed by atoms with van der Waals surface area (Å²) in [6.45, 7) is 4.46. The van der Waals surface area contributed by atoms with Crippen molar-refractivity contribution in [2.45, 2.75) is 25.1 Å². The molecule has 0 bridgehead atoms. The maximum atomic E-state index is 10.0. The van der Waals surface area contributed by atoms with Gasteiger partial charge in [0.15, 0.2) is 6.29 Å². The second kappa shape index (κ2) is 6.11. The molecule has 0 aromatic heterocycles. The maximum Gasteiger partial charge on any atom is 0.186 e. The minimum atomic E-state index is -0.757. The molecular formula is C14H18O4. The van der Waals surface area contributed by atoms with Gasteiger partial charge in [-0.3, -0.25) is 0 Å². The topological polar surface area (TPSA) is 47.9 Å². The monoisotopic (exact) mass is 250 g/mol. The molecule has 3 atom stereocenters. The Morgan fingerprint density at radius 1 is 1.39 bits per heavy atom. The summed E-state index contributed by atoms with van der Waals surface area (Å²) in [5.74, 6) is 0. The molecule has 1 aliphatic heterocycles. The van der Waals surface area contributed by atoms with Crippen LogP contribution in [-0.2, 0) is 20.8 Å². The fourth-order valence-corrected chi connectivity index (χ4v) is 1.89. The molecule has 18 heavy (non-hydrogen) atoms. The molecule has 4 nitrogen and oxygen atoms in total. The molecule has 0 aliphatic carbocycles. The lowest BCUT2D eigenvalue weighted by atomic mass is 10.0. The molecule has 1 aromatic carbocycles. The molecule has 0 unspecified atom stereocenters. The van der Waals surface area contributed by atoms with Gasteiger partial charge in [0, 0.05) is 7.11 Å². The molecule has 98 valence electrons. The first-order chi connectivity index (χ1) is 8.72. The Labute approximate surface area is 107 Å². The number of aliphatic hydroxyl groups is 1. The Kier molecular flexibility index (Phi) is 4.49. The van der Waals surface area contributed by atoms with E-state index in [4.69, 9.17) is 14.2 Å². The van der Waals surface area contributed by atoms with Crippen LogP contribution in [0, 0.1) is 0 Å². The average Bonchev–Trinajstić information content (AvgIpc) is 2.41. The molecule has 2 rings (SSSR count). The predicted molar refractivity (Wildman–Crippen MR) is 66.9 cm³/mol. The van der Waals surface area contributed by atoms with Crippen LogP contribution in [0.15, 0.2) is 42.5 Å². The summed E-state index contributed by atoms with van der Waals surface area (Å²) in [6.07, 6.45) is -1.86. The summed E-state index contributed by atoms with van der Waals surface area (Å²) in [5, 5.41) is 10.0. The third-order valence-corrected chi connectivity index (χ3v) is 2.95. The zero-order valence-electron chi connectivity index (χ0n) is 10.4. The normalized spacial score (nSPS) is 28.3. The van der Waals surface area contributed by atoms with Gasteiger partial charge in [-0.05, 0) is 11.1 Å². The zero-order valence-corrected chi connectivity index (χ0v) is 10.4. The fourth-order valence-electron chi connectivity index (χ4n) is 1.89. The molecule has 1 saturated heterocycles. The molecule has 0 radical (unpaired) electrons. The summed E-state index contributed by atoms with van der Waals surface area (Å²) < 4.78 is 16.3. The molecular weight excluding hydrogens is 232 g/mol. The number of hydrogen-bond donors (Lipinski definition) is 1. The molecule has 1 N–H and O–H groups in total. The molecule has 1 heterocycles. The van der Waals surface area contributed by atoms with Gasteiger partial charge in [0.1, 0.15) is 12.2 Å². The summed E-state index contributed by atoms with van der Waals surface area (Å²) in [7, 11) is 1.53. The standard InChI is InChI=1S/C14H18O4/c1-10-8-18-14(16-2)13(12(10)15)17-9-11-6-4-3-5-7-11/h3-7,12-15H,1,8-9H2,2H3/t12-,13+,14-/m1/s1. The highest BCUT2D eigenvalue weighted by molar-refractivity contribution is 5.14. The molecule has 4 heteroatoms. The van der Waals surface area contributed by atoms with Gasteiger partial charge in [0.2, 0.25) is 0 Å². The Morgan fingerprint density at radius 3 is 2.78 bits per heavy atom. The number of rotatable bonds is 4. The SMILES string of the molecule is C=C1CO[C@@H](OC)[C@@H](OCc2ccccc2)[C@@H]1O. The van der Waals surface area contributed by atoms with Crippen LogP contribution in [0.2, 0.25) is 0 Å². The molecule has 0 spiro atoms. The van der Waals surface area contributed by atoms with E-state index in [-0.39, 0.29) is 0 Å². The fraction of sp³-hybridized carbons (Fsp3) is 0.429. The van der Waals surface area contributed by atoms with Gasteiger partial charge in [0.05, 0.1) is 13.2 Å². The van der Waals surface area contributed by atoms with Crippen LogP contribution in [-0.4, -0.2) is 37.3 Å². The Hall–Kier alpha value is -1.20. The summed E-state index contributed by atoms with van der Waals surface area (Å²) in [6, 6.07) is 9.76. The van der Waals surface area contributed by atoms with Crippen LogP contribution in [0.5, 0.6) is 0 Å². The van der Waals surface area contributed by atoms with Crippen LogP contribution >= 0.6 is 0 Å². The minimum absolute atomic E-state index is 0.296. The van der Waals surface area contributed by atoms with Crippen molar-refractivity contribution in [1.29, 1.82) is 0 Å².